The van der Waals surface area contributed by atoms with E-state index < -0.39 is 45.6 Å². The van der Waals surface area contributed by atoms with Crippen molar-refractivity contribution in [1.29, 1.82) is 4.78 Å². The first-order chi connectivity index (χ1) is 8.07. The van der Waals surface area contributed by atoms with Gasteiger partial charge in [-0.15, -0.1) is 0 Å². The molecule has 1 aliphatic heterocycles. The fraction of sp³-hybridized carbons (Fsp3) is 1.00. The second kappa shape index (κ2) is 5.75. The number of nitrogens with one attached hydrogen (secondary N) is 1. The molecule has 0 aromatic heterocycles. The second-order valence-electron chi connectivity index (χ2n) is 3.58. The molecular formula is C6H13NO9S2. The molecule has 108 valence electrons. The van der Waals surface area contributed by atoms with Crippen LogP contribution in [0.5, 0.6) is 0 Å². The van der Waals surface area contributed by atoms with Crippen LogP contribution in [0, 0.1) is 4.78 Å². The van der Waals surface area contributed by atoms with E-state index in [1.165, 1.54) is 0 Å². The van der Waals surface area contributed by atoms with E-state index >= 15 is 0 Å². The molecule has 12 heteroatoms. The molecule has 1 aliphatic rings. The van der Waals surface area contributed by atoms with Gasteiger partial charge in [0.2, 0.25) is 0 Å². The van der Waals surface area contributed by atoms with E-state index in [4.69, 9.17) is 18.6 Å². The lowest BCUT2D eigenvalue weighted by Gasteiger charge is -2.31. The normalized spacial score (nSPS) is 32.9. The van der Waals surface area contributed by atoms with Crippen molar-refractivity contribution in [3.05, 3.63) is 0 Å². The zero-order valence-corrected chi connectivity index (χ0v) is 10.6. The van der Waals surface area contributed by atoms with Crippen LogP contribution >= 0.6 is 0 Å². The van der Waals surface area contributed by atoms with Crippen LogP contribution in [-0.4, -0.2) is 58.4 Å². The maximum Gasteiger partial charge on any atom is 0.397 e. The van der Waals surface area contributed by atoms with E-state index in [2.05, 4.69) is 8.37 Å². The van der Waals surface area contributed by atoms with Crippen molar-refractivity contribution < 1.29 is 39.9 Å². The Labute approximate surface area is 104 Å². The van der Waals surface area contributed by atoms with Crippen molar-refractivity contribution in [1.82, 2.24) is 0 Å². The van der Waals surface area contributed by atoms with E-state index in [1.807, 2.05) is 0 Å². The van der Waals surface area contributed by atoms with Crippen molar-refractivity contribution in [2.45, 2.75) is 24.7 Å². The first kappa shape index (κ1) is 15.7. The second-order valence-corrected chi connectivity index (χ2v) is 5.81. The van der Waals surface area contributed by atoms with E-state index in [9.17, 15) is 17.7 Å². The summed E-state index contributed by atoms with van der Waals surface area (Å²) in [6.07, 6.45) is -3.33. The van der Waals surface area contributed by atoms with Crippen LogP contribution in [0.2, 0.25) is 0 Å². The molecule has 4 N–H and O–H groups in total. The third kappa shape index (κ3) is 6.01. The molecule has 0 spiro atoms. The SMILES string of the molecule is N=S(=O)(O)OC1COC(COS(=O)(=O)O)CC1O. The lowest BCUT2D eigenvalue weighted by Crippen LogP contribution is -2.45. The molecular weight excluding hydrogens is 294 g/mol. The molecule has 0 aromatic rings. The number of aliphatic hydroxyl groups is 1. The van der Waals surface area contributed by atoms with E-state index in [0.29, 0.717) is 0 Å². The molecule has 1 saturated heterocycles. The van der Waals surface area contributed by atoms with Gasteiger partial charge in [0.1, 0.15) is 6.10 Å². The fourth-order valence-electron chi connectivity index (χ4n) is 1.37. The maximum atomic E-state index is 10.6. The lowest BCUT2D eigenvalue weighted by molar-refractivity contribution is -0.119. The average Bonchev–Trinajstić information content (AvgIpc) is 2.15. The molecule has 0 aliphatic carbocycles. The van der Waals surface area contributed by atoms with Crippen molar-refractivity contribution >= 4 is 20.7 Å². The van der Waals surface area contributed by atoms with E-state index in [-0.39, 0.29) is 13.0 Å². The molecule has 1 rings (SSSR count). The van der Waals surface area contributed by atoms with Crippen LogP contribution in [0.1, 0.15) is 6.42 Å². The minimum Gasteiger partial charge on any atom is -0.390 e. The largest absolute Gasteiger partial charge is 0.397 e. The van der Waals surface area contributed by atoms with Crippen LogP contribution in [0.3, 0.4) is 0 Å². The van der Waals surface area contributed by atoms with Gasteiger partial charge in [0.15, 0.2) is 0 Å². The molecule has 0 bridgehead atoms. The Kier molecular flexibility index (Phi) is 5.02. The quantitative estimate of drug-likeness (QED) is 0.455. The third-order valence-corrected chi connectivity index (χ3v) is 3.03. The van der Waals surface area contributed by atoms with Gasteiger partial charge in [0, 0.05) is 6.42 Å². The van der Waals surface area contributed by atoms with E-state index in [0.717, 1.165) is 0 Å². The molecule has 0 radical (unpaired) electrons. The predicted molar refractivity (Wildman–Crippen MR) is 56.2 cm³/mol. The van der Waals surface area contributed by atoms with Gasteiger partial charge in [-0.05, 0) is 0 Å². The Morgan fingerprint density at radius 1 is 1.33 bits per heavy atom. The zero-order valence-electron chi connectivity index (χ0n) is 8.96. The van der Waals surface area contributed by atoms with Gasteiger partial charge in [-0.1, -0.05) is 0 Å². The molecule has 4 atom stereocenters. The summed E-state index contributed by atoms with van der Waals surface area (Å²) in [5.74, 6) is 0. The highest BCUT2D eigenvalue weighted by Crippen LogP contribution is 2.19. The van der Waals surface area contributed by atoms with E-state index in [1.54, 1.807) is 0 Å². The Morgan fingerprint density at radius 2 is 1.94 bits per heavy atom. The molecule has 0 saturated carbocycles. The molecule has 10 nitrogen and oxygen atoms in total. The van der Waals surface area contributed by atoms with Crippen molar-refractivity contribution in [2.24, 2.45) is 0 Å². The smallest absolute Gasteiger partial charge is 0.390 e. The Bertz CT molecular complexity index is 471. The molecule has 1 fully saturated rings. The predicted octanol–water partition coefficient (Wildman–Crippen LogP) is -1.22. The standard InChI is InChI=1S/C6H13NO9S2/c7-17(9,10)16-6-3-14-4(1-5(6)8)2-15-18(11,12)13/h4-6,8H,1-3H2,(H2,7,9,10)(H,11,12,13). The van der Waals surface area contributed by atoms with Gasteiger partial charge >= 0.3 is 10.4 Å². The maximum absolute atomic E-state index is 10.6. The highest BCUT2D eigenvalue weighted by molar-refractivity contribution is 7.82. The Balaban J connectivity index is 2.46. The minimum atomic E-state index is -4.59. The summed E-state index contributed by atoms with van der Waals surface area (Å²) < 4.78 is 68.2. The highest BCUT2D eigenvalue weighted by Gasteiger charge is 2.33. The number of rotatable bonds is 5. The molecule has 0 amide bonds. The fourth-order valence-corrected chi connectivity index (χ4v) is 2.21. The molecule has 18 heavy (non-hydrogen) atoms. The number of hydrogen-bond acceptors (Lipinski definition) is 8. The van der Waals surface area contributed by atoms with Crippen LogP contribution in [-0.2, 0) is 33.8 Å². The summed E-state index contributed by atoms with van der Waals surface area (Å²) in [6, 6.07) is 0. The highest BCUT2D eigenvalue weighted by atomic mass is 32.3. The van der Waals surface area contributed by atoms with Gasteiger partial charge in [-0.2, -0.15) is 12.6 Å². The van der Waals surface area contributed by atoms with Gasteiger partial charge < -0.3 is 9.84 Å². The first-order valence-corrected chi connectivity index (χ1v) is 7.48. The van der Waals surface area contributed by atoms with Gasteiger partial charge in [0.25, 0.3) is 10.3 Å². The summed E-state index contributed by atoms with van der Waals surface area (Å²) in [4.78, 5) is 0. The first-order valence-electron chi connectivity index (χ1n) is 4.68. The van der Waals surface area contributed by atoms with Crippen molar-refractivity contribution in [2.75, 3.05) is 13.2 Å². The van der Waals surface area contributed by atoms with Crippen LogP contribution < -0.4 is 0 Å². The van der Waals surface area contributed by atoms with Crippen LogP contribution in [0.15, 0.2) is 0 Å². The monoisotopic (exact) mass is 307 g/mol. The molecule has 1 heterocycles. The van der Waals surface area contributed by atoms with Gasteiger partial charge in [0.05, 0.1) is 25.4 Å². The summed E-state index contributed by atoms with van der Waals surface area (Å²) in [7, 11) is -8.81. The minimum absolute atomic E-state index is 0.129. The number of hydrogen-bond donors (Lipinski definition) is 4. The van der Waals surface area contributed by atoms with Gasteiger partial charge in [-0.3, -0.25) is 13.3 Å². The number of aliphatic hydroxyl groups excluding tert-OH is 1. The van der Waals surface area contributed by atoms with Crippen molar-refractivity contribution in [3.8, 4) is 0 Å². The van der Waals surface area contributed by atoms with Crippen LogP contribution in [0.4, 0.5) is 0 Å². The zero-order chi connectivity index (χ0) is 14.0. The summed E-state index contributed by atoms with van der Waals surface area (Å²) in [6.45, 7) is -0.810. The molecule has 4 unspecified atom stereocenters. The molecule has 0 aromatic carbocycles. The Hall–Kier alpha value is -0.340. The summed E-state index contributed by atoms with van der Waals surface area (Å²) in [5, 5.41) is 9.54. The third-order valence-electron chi connectivity index (χ3n) is 2.09. The summed E-state index contributed by atoms with van der Waals surface area (Å²) >= 11 is 0. The average molecular weight is 307 g/mol. The topological polar surface area (TPSA) is 163 Å². The van der Waals surface area contributed by atoms with Crippen LogP contribution in [0.25, 0.3) is 0 Å². The van der Waals surface area contributed by atoms with Crippen molar-refractivity contribution in [3.63, 3.8) is 0 Å². The Morgan fingerprint density at radius 3 is 2.39 bits per heavy atom. The summed E-state index contributed by atoms with van der Waals surface area (Å²) in [5.41, 5.74) is 0. The van der Waals surface area contributed by atoms with Gasteiger partial charge in [-0.25, -0.2) is 8.96 Å². The number of ether oxygens (including phenoxy) is 1. The lowest BCUT2D eigenvalue weighted by atomic mass is 10.0.